The van der Waals surface area contributed by atoms with Crippen LogP contribution in [0.25, 0.3) is 0 Å². The van der Waals surface area contributed by atoms with Gasteiger partial charge in [0.25, 0.3) is 0 Å². The van der Waals surface area contributed by atoms with Crippen LogP contribution in [-0.4, -0.2) is 47.9 Å². The molecule has 6 heteroatoms. The Bertz CT molecular complexity index is 235. The molecule has 1 atom stereocenters. The molecule has 0 radical (unpaired) electrons. The Morgan fingerprint density at radius 2 is 1.81 bits per heavy atom. The van der Waals surface area contributed by atoms with Crippen molar-refractivity contribution in [1.82, 2.24) is 0 Å². The molecule has 94 valence electrons. The summed E-state index contributed by atoms with van der Waals surface area (Å²) in [4.78, 5) is 32.1. The van der Waals surface area contributed by atoms with Gasteiger partial charge in [-0.1, -0.05) is 6.92 Å². The third-order valence-electron chi connectivity index (χ3n) is 2.06. The normalized spacial score (nSPS) is 13.9. The second-order valence-electron chi connectivity index (χ2n) is 3.46. The molecular formula is C10H21AlO5. The van der Waals surface area contributed by atoms with Crippen molar-refractivity contribution in [1.29, 1.82) is 0 Å². The van der Waals surface area contributed by atoms with Crippen molar-refractivity contribution in [2.24, 2.45) is 0 Å². The number of methoxy groups -OCH3 is 1. The Labute approximate surface area is 106 Å². The lowest BCUT2D eigenvalue weighted by molar-refractivity contribution is -0.302. The summed E-state index contributed by atoms with van der Waals surface area (Å²) in [6.07, 6.45) is -0.0496. The lowest BCUT2D eigenvalue weighted by Gasteiger charge is -2.25. The Kier molecular flexibility index (Phi) is 8.76. The highest BCUT2D eigenvalue weighted by Gasteiger charge is 2.44. The number of Topliss-reactive ketones (excluding diaryl/α,β-unsaturated/α-hetero) is 1. The van der Waals surface area contributed by atoms with Crippen LogP contribution in [0.4, 0.5) is 0 Å². The second kappa shape index (κ2) is 7.80. The molecule has 0 saturated heterocycles. The molecule has 0 aliphatic heterocycles. The van der Waals surface area contributed by atoms with Crippen LogP contribution in [0.1, 0.15) is 34.1 Å². The van der Waals surface area contributed by atoms with E-state index in [4.69, 9.17) is 4.74 Å². The molecule has 0 heterocycles. The zero-order valence-corrected chi connectivity index (χ0v) is 9.83. The van der Waals surface area contributed by atoms with Crippen LogP contribution in [0, 0.1) is 0 Å². The van der Waals surface area contributed by atoms with Gasteiger partial charge < -0.3 is 4.74 Å². The standard InChI is InChI=1S/C10H18O5.Al.3H/c1-6-10(13-5,8(4)11)9(12)15-14-7(2)3;;;;/h7H,6H2,1-5H3;;;;. The smallest absolute Gasteiger partial charge is 0.359 e. The molecule has 0 spiro atoms. The first kappa shape index (κ1) is 18.0. The van der Waals surface area contributed by atoms with E-state index in [-0.39, 0.29) is 29.9 Å². The van der Waals surface area contributed by atoms with Gasteiger partial charge in [-0.3, -0.25) is 9.68 Å². The average Bonchev–Trinajstić information content (AvgIpc) is 2.17. The van der Waals surface area contributed by atoms with E-state index < -0.39 is 17.4 Å². The minimum absolute atomic E-state index is 0. The maximum absolute atomic E-state index is 11.6. The first-order valence-corrected chi connectivity index (χ1v) is 4.84. The molecule has 0 aliphatic rings. The van der Waals surface area contributed by atoms with Gasteiger partial charge in [-0.05, 0) is 27.2 Å². The van der Waals surface area contributed by atoms with Crippen molar-refractivity contribution in [2.75, 3.05) is 7.11 Å². The first-order valence-electron chi connectivity index (χ1n) is 4.84. The van der Waals surface area contributed by atoms with Crippen LogP contribution in [-0.2, 0) is 24.1 Å². The number of carbonyl (C=O) groups is 2. The van der Waals surface area contributed by atoms with Crippen molar-refractivity contribution >= 4 is 29.1 Å². The van der Waals surface area contributed by atoms with Gasteiger partial charge in [0, 0.05) is 7.11 Å². The molecule has 5 nitrogen and oxygen atoms in total. The Morgan fingerprint density at radius 3 is 2.06 bits per heavy atom. The van der Waals surface area contributed by atoms with Gasteiger partial charge in [0.2, 0.25) is 5.60 Å². The molecule has 0 aliphatic carbocycles. The lowest BCUT2D eigenvalue weighted by Crippen LogP contribution is -2.48. The van der Waals surface area contributed by atoms with E-state index in [1.807, 2.05) is 0 Å². The summed E-state index contributed by atoms with van der Waals surface area (Å²) < 4.78 is 4.94. The fourth-order valence-corrected chi connectivity index (χ4v) is 1.12. The largest absolute Gasteiger partial charge is 0.381 e. The van der Waals surface area contributed by atoms with E-state index in [1.165, 1.54) is 14.0 Å². The Hall–Kier alpha value is -0.408. The highest BCUT2D eigenvalue weighted by Crippen LogP contribution is 2.19. The summed E-state index contributed by atoms with van der Waals surface area (Å²) in [5, 5.41) is 0. The van der Waals surface area contributed by atoms with Crippen molar-refractivity contribution in [2.45, 2.75) is 45.8 Å². The molecule has 0 aromatic rings. The molecule has 0 aromatic carbocycles. The fourth-order valence-electron chi connectivity index (χ4n) is 1.12. The molecule has 1 unspecified atom stereocenters. The highest BCUT2D eigenvalue weighted by molar-refractivity contribution is 6.05. The second-order valence-corrected chi connectivity index (χ2v) is 3.46. The number of hydrogen-bond donors (Lipinski definition) is 0. The minimum Gasteiger partial charge on any atom is -0.359 e. The molecule has 0 fully saturated rings. The van der Waals surface area contributed by atoms with E-state index in [9.17, 15) is 9.59 Å². The van der Waals surface area contributed by atoms with E-state index >= 15 is 0 Å². The van der Waals surface area contributed by atoms with Crippen LogP contribution >= 0.6 is 0 Å². The predicted molar refractivity (Wildman–Crippen MR) is 63.0 cm³/mol. The van der Waals surface area contributed by atoms with Crippen LogP contribution in [0.15, 0.2) is 0 Å². The highest BCUT2D eigenvalue weighted by atomic mass is 27.0. The monoisotopic (exact) mass is 248 g/mol. The SMILES string of the molecule is CCC(OC)(C(C)=O)C(=O)OOC(C)C.[AlH3]. The molecule has 0 aromatic heterocycles. The summed E-state index contributed by atoms with van der Waals surface area (Å²) in [5.41, 5.74) is -1.55. The summed E-state index contributed by atoms with van der Waals surface area (Å²) in [7, 11) is 1.29. The van der Waals surface area contributed by atoms with E-state index in [0.29, 0.717) is 0 Å². The van der Waals surface area contributed by atoms with Crippen LogP contribution in [0.5, 0.6) is 0 Å². The van der Waals surface area contributed by atoms with Gasteiger partial charge in [-0.15, -0.1) is 0 Å². The number of hydrogen-bond acceptors (Lipinski definition) is 5. The molecular weight excluding hydrogens is 227 g/mol. The van der Waals surface area contributed by atoms with Gasteiger partial charge in [0.15, 0.2) is 23.1 Å². The molecule has 16 heavy (non-hydrogen) atoms. The zero-order valence-electron chi connectivity index (χ0n) is 9.83. The quantitative estimate of drug-likeness (QED) is 0.288. The van der Waals surface area contributed by atoms with E-state index in [1.54, 1.807) is 20.8 Å². The average molecular weight is 248 g/mol. The zero-order chi connectivity index (χ0) is 12.1. The van der Waals surface area contributed by atoms with Crippen LogP contribution in [0.2, 0.25) is 0 Å². The molecule has 0 N–H and O–H groups in total. The van der Waals surface area contributed by atoms with Gasteiger partial charge in [0.05, 0.1) is 6.10 Å². The lowest BCUT2D eigenvalue weighted by atomic mass is 9.96. The fraction of sp³-hybridized carbons (Fsp3) is 0.800. The van der Waals surface area contributed by atoms with Crippen molar-refractivity contribution in [3.63, 3.8) is 0 Å². The van der Waals surface area contributed by atoms with Crippen LogP contribution in [0.3, 0.4) is 0 Å². The van der Waals surface area contributed by atoms with Gasteiger partial charge >= 0.3 is 5.97 Å². The van der Waals surface area contributed by atoms with Gasteiger partial charge in [-0.25, -0.2) is 4.79 Å². The Morgan fingerprint density at radius 1 is 1.31 bits per heavy atom. The third kappa shape index (κ3) is 4.22. The minimum atomic E-state index is -1.55. The van der Waals surface area contributed by atoms with E-state index in [0.717, 1.165) is 0 Å². The summed E-state index contributed by atoms with van der Waals surface area (Å²) in [6.45, 7) is 6.37. The molecule has 0 rings (SSSR count). The maximum atomic E-state index is 11.6. The van der Waals surface area contributed by atoms with Crippen molar-refractivity contribution in [3.8, 4) is 0 Å². The molecule has 0 bridgehead atoms. The summed E-state index contributed by atoms with van der Waals surface area (Å²) >= 11 is 0. The molecule has 0 amide bonds. The number of rotatable bonds is 6. The first-order chi connectivity index (χ1) is 6.90. The number of ether oxygens (including phenoxy) is 1. The van der Waals surface area contributed by atoms with Crippen molar-refractivity contribution in [3.05, 3.63) is 0 Å². The molecule has 0 saturated carbocycles. The maximum Gasteiger partial charge on any atom is 0.381 e. The summed E-state index contributed by atoms with van der Waals surface area (Å²) in [6, 6.07) is 0. The Balaban J connectivity index is 0. The predicted octanol–water partition coefficient (Wildman–Crippen LogP) is 0.0699. The van der Waals surface area contributed by atoms with Gasteiger partial charge in [0.1, 0.15) is 0 Å². The number of ketones is 1. The van der Waals surface area contributed by atoms with Crippen molar-refractivity contribution < 1.29 is 24.1 Å². The third-order valence-corrected chi connectivity index (χ3v) is 2.06. The topological polar surface area (TPSA) is 61.8 Å². The van der Waals surface area contributed by atoms with Crippen LogP contribution < -0.4 is 0 Å². The summed E-state index contributed by atoms with van der Waals surface area (Å²) in [5.74, 6) is -1.21. The van der Waals surface area contributed by atoms with Gasteiger partial charge in [-0.2, -0.15) is 4.89 Å². The number of carbonyl (C=O) groups excluding carboxylic acids is 2. The van der Waals surface area contributed by atoms with E-state index in [2.05, 4.69) is 9.78 Å².